The normalized spacial score (nSPS) is 12.8. The van der Waals surface area contributed by atoms with Gasteiger partial charge in [0.1, 0.15) is 5.75 Å². The Kier molecular flexibility index (Phi) is 7.89. The molecule has 0 radical (unpaired) electrons. The van der Waals surface area contributed by atoms with Gasteiger partial charge in [-0.25, -0.2) is 9.66 Å². The van der Waals surface area contributed by atoms with Gasteiger partial charge in [0.2, 0.25) is 6.41 Å². The molecule has 0 bridgehead atoms. The van der Waals surface area contributed by atoms with E-state index in [0.29, 0.717) is 29.2 Å². The quantitative estimate of drug-likeness (QED) is 0.588. The standard InChI is InChI=1S/C18H19Cl3N4O4/c1-4-13(17(27)24-25-10(3)15(20)23-16(21)18(25)28)29-14-6-5-11(19)7-12(14)9(2)22-8-26/h5-9,13H,4H2,1-3H3,(H,22,26)(H,24,27). The summed E-state index contributed by atoms with van der Waals surface area (Å²) >= 11 is 17.7. The van der Waals surface area contributed by atoms with E-state index in [1.165, 1.54) is 6.92 Å². The molecule has 0 aliphatic heterocycles. The predicted octanol–water partition coefficient (Wildman–Crippen LogP) is 3.25. The van der Waals surface area contributed by atoms with Crippen molar-refractivity contribution in [3.05, 3.63) is 55.1 Å². The van der Waals surface area contributed by atoms with Crippen molar-refractivity contribution < 1.29 is 14.3 Å². The van der Waals surface area contributed by atoms with E-state index in [1.807, 2.05) is 0 Å². The topological polar surface area (TPSA) is 102 Å². The van der Waals surface area contributed by atoms with Crippen LogP contribution in [0.3, 0.4) is 0 Å². The molecule has 1 aromatic carbocycles. The van der Waals surface area contributed by atoms with E-state index in [1.54, 1.807) is 32.0 Å². The molecule has 0 saturated carbocycles. The van der Waals surface area contributed by atoms with Crippen LogP contribution in [0.2, 0.25) is 15.3 Å². The van der Waals surface area contributed by atoms with E-state index in [2.05, 4.69) is 15.7 Å². The van der Waals surface area contributed by atoms with Crippen LogP contribution < -0.4 is 21.0 Å². The first-order valence-corrected chi connectivity index (χ1v) is 9.74. The summed E-state index contributed by atoms with van der Waals surface area (Å²) in [5, 5.41) is 2.68. The minimum atomic E-state index is -0.949. The van der Waals surface area contributed by atoms with Crippen LogP contribution in [-0.2, 0) is 9.59 Å². The van der Waals surface area contributed by atoms with Crippen molar-refractivity contribution in [2.45, 2.75) is 39.3 Å². The molecular weight excluding hydrogens is 443 g/mol. The highest BCUT2D eigenvalue weighted by molar-refractivity contribution is 6.32. The van der Waals surface area contributed by atoms with Crippen molar-refractivity contribution in [2.24, 2.45) is 0 Å². The Labute approximate surface area is 182 Å². The smallest absolute Gasteiger partial charge is 0.307 e. The van der Waals surface area contributed by atoms with Crippen LogP contribution in [0, 0.1) is 6.92 Å². The third-order valence-corrected chi connectivity index (χ3v) is 4.96. The zero-order valence-corrected chi connectivity index (χ0v) is 18.1. The molecule has 0 aliphatic rings. The Balaban J connectivity index is 2.31. The van der Waals surface area contributed by atoms with Crippen LogP contribution in [0.5, 0.6) is 5.75 Å². The van der Waals surface area contributed by atoms with E-state index in [-0.39, 0.29) is 16.0 Å². The Morgan fingerprint density at radius 2 is 2.00 bits per heavy atom. The number of rotatable bonds is 8. The number of amides is 2. The van der Waals surface area contributed by atoms with E-state index in [9.17, 15) is 14.4 Å². The van der Waals surface area contributed by atoms with Crippen molar-refractivity contribution in [3.8, 4) is 5.75 Å². The van der Waals surface area contributed by atoms with E-state index in [4.69, 9.17) is 39.5 Å². The van der Waals surface area contributed by atoms with Crippen molar-refractivity contribution >= 4 is 47.1 Å². The molecule has 0 saturated heterocycles. The van der Waals surface area contributed by atoms with Crippen molar-refractivity contribution in [1.82, 2.24) is 15.0 Å². The molecule has 2 atom stereocenters. The van der Waals surface area contributed by atoms with Gasteiger partial charge in [-0.3, -0.25) is 19.8 Å². The van der Waals surface area contributed by atoms with Crippen LogP contribution in [0.1, 0.15) is 37.6 Å². The van der Waals surface area contributed by atoms with Gasteiger partial charge in [-0.05, 0) is 38.5 Å². The number of carbonyl (C=O) groups excluding carboxylic acids is 2. The van der Waals surface area contributed by atoms with Crippen molar-refractivity contribution in [3.63, 3.8) is 0 Å². The molecule has 11 heteroatoms. The molecule has 8 nitrogen and oxygen atoms in total. The van der Waals surface area contributed by atoms with Gasteiger partial charge in [-0.1, -0.05) is 41.7 Å². The molecular formula is C18H19Cl3N4O4. The summed E-state index contributed by atoms with van der Waals surface area (Å²) in [7, 11) is 0. The van der Waals surface area contributed by atoms with Gasteiger partial charge >= 0.3 is 5.56 Å². The molecule has 2 rings (SSSR count). The van der Waals surface area contributed by atoms with Crippen molar-refractivity contribution in [1.29, 1.82) is 0 Å². The Hall–Kier alpha value is -2.29. The van der Waals surface area contributed by atoms with E-state index < -0.39 is 23.6 Å². The monoisotopic (exact) mass is 460 g/mol. The lowest BCUT2D eigenvalue weighted by Crippen LogP contribution is -2.42. The fourth-order valence-electron chi connectivity index (χ4n) is 2.50. The first-order chi connectivity index (χ1) is 13.7. The van der Waals surface area contributed by atoms with Crippen LogP contribution in [0.4, 0.5) is 0 Å². The molecule has 2 unspecified atom stereocenters. The van der Waals surface area contributed by atoms with Gasteiger partial charge in [-0.15, -0.1) is 0 Å². The molecule has 0 aliphatic carbocycles. The molecule has 0 spiro atoms. The highest BCUT2D eigenvalue weighted by Crippen LogP contribution is 2.29. The average Bonchev–Trinajstić information content (AvgIpc) is 2.68. The largest absolute Gasteiger partial charge is 0.480 e. The number of aromatic nitrogens is 2. The summed E-state index contributed by atoms with van der Waals surface area (Å²) in [4.78, 5) is 39.4. The number of nitrogens with zero attached hydrogens (tertiary/aromatic N) is 2. The zero-order valence-electron chi connectivity index (χ0n) is 15.8. The Morgan fingerprint density at radius 3 is 2.62 bits per heavy atom. The molecule has 0 fully saturated rings. The number of halogens is 3. The number of carbonyl (C=O) groups is 2. The summed E-state index contributed by atoms with van der Waals surface area (Å²) in [5.41, 5.74) is 2.55. The second kappa shape index (κ2) is 9.96. The fraction of sp³-hybridized carbons (Fsp3) is 0.333. The second-order valence-electron chi connectivity index (χ2n) is 6.10. The molecule has 1 heterocycles. The highest BCUT2D eigenvalue weighted by Gasteiger charge is 2.23. The summed E-state index contributed by atoms with van der Waals surface area (Å²) in [5.74, 6) is -0.221. The lowest BCUT2D eigenvalue weighted by molar-refractivity contribution is -0.124. The van der Waals surface area contributed by atoms with Gasteiger partial charge in [0.05, 0.1) is 11.7 Å². The SMILES string of the molecule is CCC(Oc1ccc(Cl)cc1C(C)NC=O)C(=O)Nn1c(C)c(Cl)nc(Cl)c1=O. The summed E-state index contributed by atoms with van der Waals surface area (Å²) in [6.45, 7) is 5.01. The molecule has 156 valence electrons. The Bertz CT molecular complexity index is 980. The highest BCUT2D eigenvalue weighted by atomic mass is 35.5. The molecule has 2 amide bonds. The summed E-state index contributed by atoms with van der Waals surface area (Å²) < 4.78 is 6.79. The first kappa shape index (κ1) is 23.0. The van der Waals surface area contributed by atoms with Crippen LogP contribution in [0.25, 0.3) is 0 Å². The van der Waals surface area contributed by atoms with Gasteiger partial charge in [0.15, 0.2) is 16.4 Å². The third-order valence-electron chi connectivity index (χ3n) is 4.12. The van der Waals surface area contributed by atoms with Gasteiger partial charge in [-0.2, -0.15) is 0 Å². The van der Waals surface area contributed by atoms with E-state index in [0.717, 1.165) is 4.68 Å². The fourth-order valence-corrected chi connectivity index (χ4v) is 3.06. The molecule has 1 aromatic heterocycles. The minimum Gasteiger partial charge on any atom is -0.480 e. The zero-order chi connectivity index (χ0) is 21.7. The van der Waals surface area contributed by atoms with Crippen molar-refractivity contribution in [2.75, 3.05) is 5.43 Å². The maximum absolute atomic E-state index is 12.7. The second-order valence-corrected chi connectivity index (χ2v) is 7.25. The maximum Gasteiger partial charge on any atom is 0.307 e. The van der Waals surface area contributed by atoms with Gasteiger partial charge in [0, 0.05) is 10.6 Å². The minimum absolute atomic E-state index is 0.0161. The number of hydrogen-bond donors (Lipinski definition) is 2. The number of hydrogen-bond acceptors (Lipinski definition) is 5. The van der Waals surface area contributed by atoms with Crippen LogP contribution >= 0.6 is 34.8 Å². The summed E-state index contributed by atoms with van der Waals surface area (Å²) in [6, 6.07) is 4.45. The average molecular weight is 462 g/mol. The third kappa shape index (κ3) is 5.41. The Morgan fingerprint density at radius 1 is 1.31 bits per heavy atom. The lowest BCUT2D eigenvalue weighted by Gasteiger charge is -2.22. The van der Waals surface area contributed by atoms with Crippen LogP contribution in [-0.4, -0.2) is 28.1 Å². The van der Waals surface area contributed by atoms with Gasteiger partial charge in [0.25, 0.3) is 5.91 Å². The van der Waals surface area contributed by atoms with Crippen LogP contribution in [0.15, 0.2) is 23.0 Å². The maximum atomic E-state index is 12.7. The summed E-state index contributed by atoms with van der Waals surface area (Å²) in [6.07, 6.45) is -0.0924. The lowest BCUT2D eigenvalue weighted by atomic mass is 10.1. The number of ether oxygens (including phenoxy) is 1. The predicted molar refractivity (Wildman–Crippen MR) is 111 cm³/mol. The molecule has 2 aromatic rings. The molecule has 2 N–H and O–H groups in total. The number of benzene rings is 1. The van der Waals surface area contributed by atoms with Gasteiger partial charge < -0.3 is 10.1 Å². The number of nitrogens with one attached hydrogen (secondary N) is 2. The first-order valence-electron chi connectivity index (χ1n) is 8.60. The van der Waals surface area contributed by atoms with E-state index >= 15 is 0 Å². The molecule has 29 heavy (non-hydrogen) atoms.